The molecule has 0 unspecified atom stereocenters. The van der Waals surface area contributed by atoms with E-state index in [4.69, 9.17) is 4.98 Å². The third kappa shape index (κ3) is 4.47. The van der Waals surface area contributed by atoms with Crippen LogP contribution >= 0.6 is 11.3 Å². The number of aromatic nitrogens is 1. The van der Waals surface area contributed by atoms with Gasteiger partial charge in [-0.1, -0.05) is 23.5 Å². The molecule has 2 fully saturated rings. The van der Waals surface area contributed by atoms with E-state index >= 15 is 0 Å². The standard InChI is InChI=1S/C23H25FN4O3S2/c24-18-5-7-19(8-6-18)33(30,31)28-11-9-17(10-12-28)22(29)26-13-15-27(16-14-26)23-25-20-3-1-2-4-21(20)32-23/h1-8,17H,9-16H2. The summed E-state index contributed by atoms with van der Waals surface area (Å²) in [4.78, 5) is 22.0. The SMILES string of the molecule is O=C(C1CCN(S(=O)(=O)c2ccc(F)cc2)CC1)N1CCN(c2nc3ccccc3s2)CC1. The molecule has 0 N–H and O–H groups in total. The first-order valence-electron chi connectivity index (χ1n) is 11.1. The molecule has 5 rings (SSSR count). The number of anilines is 1. The number of carbonyl (C=O) groups excluding carboxylic acids is 1. The number of benzene rings is 2. The van der Waals surface area contributed by atoms with Gasteiger partial charge in [-0.15, -0.1) is 0 Å². The van der Waals surface area contributed by atoms with Crippen molar-refractivity contribution in [3.05, 3.63) is 54.3 Å². The van der Waals surface area contributed by atoms with E-state index in [0.717, 1.165) is 40.6 Å². The Bertz CT molecular complexity index is 1210. The van der Waals surface area contributed by atoms with Crippen LogP contribution in [0.25, 0.3) is 10.2 Å². The average Bonchev–Trinajstić information content (AvgIpc) is 3.28. The van der Waals surface area contributed by atoms with Crippen molar-refractivity contribution in [2.75, 3.05) is 44.2 Å². The Labute approximate surface area is 196 Å². The molecule has 2 aromatic carbocycles. The summed E-state index contributed by atoms with van der Waals surface area (Å²) in [7, 11) is -3.67. The van der Waals surface area contributed by atoms with Gasteiger partial charge in [-0.25, -0.2) is 17.8 Å². The fraction of sp³-hybridized carbons (Fsp3) is 0.391. The van der Waals surface area contributed by atoms with Gasteiger partial charge in [0.25, 0.3) is 0 Å². The van der Waals surface area contributed by atoms with Gasteiger partial charge in [-0.2, -0.15) is 4.31 Å². The normalized spacial score (nSPS) is 18.7. The molecular weight excluding hydrogens is 463 g/mol. The van der Waals surface area contributed by atoms with Gasteiger partial charge < -0.3 is 9.80 Å². The molecule has 0 bridgehead atoms. The molecule has 0 radical (unpaired) electrons. The highest BCUT2D eigenvalue weighted by atomic mass is 32.2. The molecule has 7 nitrogen and oxygen atoms in total. The van der Waals surface area contributed by atoms with E-state index < -0.39 is 15.8 Å². The fourth-order valence-corrected chi connectivity index (χ4v) is 6.96. The van der Waals surface area contributed by atoms with Crippen LogP contribution in [-0.2, 0) is 14.8 Å². The molecule has 33 heavy (non-hydrogen) atoms. The van der Waals surface area contributed by atoms with Crippen molar-refractivity contribution in [3.8, 4) is 0 Å². The minimum absolute atomic E-state index is 0.0830. The van der Waals surface area contributed by atoms with Crippen molar-refractivity contribution in [2.45, 2.75) is 17.7 Å². The number of hydrogen-bond acceptors (Lipinski definition) is 6. The number of halogens is 1. The zero-order valence-corrected chi connectivity index (χ0v) is 19.7. The number of thiazole rings is 1. The van der Waals surface area contributed by atoms with E-state index in [9.17, 15) is 17.6 Å². The van der Waals surface area contributed by atoms with Crippen molar-refractivity contribution >= 4 is 42.6 Å². The topological polar surface area (TPSA) is 73.8 Å². The van der Waals surface area contributed by atoms with Crippen molar-refractivity contribution in [2.24, 2.45) is 5.92 Å². The minimum atomic E-state index is -3.67. The molecule has 174 valence electrons. The Morgan fingerprint density at radius 2 is 1.61 bits per heavy atom. The molecule has 1 aromatic heterocycles. The first-order chi connectivity index (χ1) is 15.9. The predicted octanol–water partition coefficient (Wildman–Crippen LogP) is 3.18. The number of nitrogens with zero attached hydrogens (tertiary/aromatic N) is 4. The molecule has 0 atom stereocenters. The zero-order valence-electron chi connectivity index (χ0n) is 18.1. The van der Waals surface area contributed by atoms with Crippen LogP contribution in [-0.4, -0.2) is 67.8 Å². The summed E-state index contributed by atoms with van der Waals surface area (Å²) in [6.45, 7) is 3.35. The van der Waals surface area contributed by atoms with Crippen LogP contribution in [0.5, 0.6) is 0 Å². The summed E-state index contributed by atoms with van der Waals surface area (Å²) >= 11 is 1.67. The maximum absolute atomic E-state index is 13.1. The lowest BCUT2D eigenvalue weighted by molar-refractivity contribution is -0.137. The second kappa shape index (κ2) is 9.00. The quantitative estimate of drug-likeness (QED) is 0.564. The van der Waals surface area contributed by atoms with Gasteiger partial charge in [0, 0.05) is 45.2 Å². The van der Waals surface area contributed by atoms with E-state index in [1.165, 1.54) is 16.4 Å². The summed E-state index contributed by atoms with van der Waals surface area (Å²) in [5.74, 6) is -0.530. The maximum Gasteiger partial charge on any atom is 0.243 e. The van der Waals surface area contributed by atoms with Crippen molar-refractivity contribution in [3.63, 3.8) is 0 Å². The second-order valence-electron chi connectivity index (χ2n) is 8.41. The summed E-state index contributed by atoms with van der Waals surface area (Å²) in [5.41, 5.74) is 0.998. The number of carbonyl (C=O) groups is 1. The number of hydrogen-bond donors (Lipinski definition) is 0. The van der Waals surface area contributed by atoms with Crippen molar-refractivity contribution in [1.82, 2.24) is 14.2 Å². The number of fused-ring (bicyclic) bond motifs is 1. The monoisotopic (exact) mass is 488 g/mol. The third-order valence-corrected chi connectivity index (χ3v) is 9.41. The molecular formula is C23H25FN4O3S2. The summed E-state index contributed by atoms with van der Waals surface area (Å²) in [5, 5.41) is 0.989. The van der Waals surface area contributed by atoms with Crippen LogP contribution < -0.4 is 4.90 Å². The number of piperidine rings is 1. The predicted molar refractivity (Wildman–Crippen MR) is 126 cm³/mol. The first-order valence-corrected chi connectivity index (χ1v) is 13.3. The van der Waals surface area contributed by atoms with E-state index in [-0.39, 0.29) is 16.7 Å². The van der Waals surface area contributed by atoms with E-state index in [2.05, 4.69) is 11.0 Å². The van der Waals surface area contributed by atoms with E-state index in [1.807, 2.05) is 23.1 Å². The van der Waals surface area contributed by atoms with Gasteiger partial charge in [0.2, 0.25) is 15.9 Å². The largest absolute Gasteiger partial charge is 0.345 e. The third-order valence-electron chi connectivity index (χ3n) is 6.40. The lowest BCUT2D eigenvalue weighted by Gasteiger charge is -2.38. The highest BCUT2D eigenvalue weighted by molar-refractivity contribution is 7.89. The molecule has 0 saturated carbocycles. The molecule has 2 saturated heterocycles. The van der Waals surface area contributed by atoms with Gasteiger partial charge >= 0.3 is 0 Å². The average molecular weight is 489 g/mol. The Morgan fingerprint density at radius 3 is 2.27 bits per heavy atom. The van der Waals surface area contributed by atoms with Crippen LogP contribution in [0.2, 0.25) is 0 Å². The summed E-state index contributed by atoms with van der Waals surface area (Å²) in [6.07, 6.45) is 0.995. The van der Waals surface area contributed by atoms with Gasteiger partial charge in [0.1, 0.15) is 5.82 Å². The minimum Gasteiger partial charge on any atom is -0.345 e. The van der Waals surface area contributed by atoms with E-state index in [0.29, 0.717) is 39.0 Å². The highest BCUT2D eigenvalue weighted by Gasteiger charge is 2.35. The van der Waals surface area contributed by atoms with Crippen molar-refractivity contribution < 1.29 is 17.6 Å². The molecule has 2 aliphatic rings. The van der Waals surface area contributed by atoms with Crippen LogP contribution in [0.4, 0.5) is 9.52 Å². The summed E-state index contributed by atoms with van der Waals surface area (Å²) < 4.78 is 41.3. The molecule has 10 heteroatoms. The lowest BCUT2D eigenvalue weighted by Crippen LogP contribution is -2.52. The van der Waals surface area contributed by atoms with Crippen LogP contribution in [0.3, 0.4) is 0 Å². The number of rotatable bonds is 4. The van der Waals surface area contributed by atoms with Crippen molar-refractivity contribution in [1.29, 1.82) is 0 Å². The maximum atomic E-state index is 13.1. The first kappa shape index (κ1) is 22.2. The second-order valence-corrected chi connectivity index (χ2v) is 11.4. The smallest absolute Gasteiger partial charge is 0.243 e. The molecule has 0 aliphatic carbocycles. The van der Waals surface area contributed by atoms with Gasteiger partial charge in [0.05, 0.1) is 15.1 Å². The number of sulfonamides is 1. The van der Waals surface area contributed by atoms with Gasteiger partial charge in [-0.3, -0.25) is 4.79 Å². The van der Waals surface area contributed by atoms with Gasteiger partial charge in [-0.05, 0) is 49.2 Å². The van der Waals surface area contributed by atoms with E-state index in [1.54, 1.807) is 11.3 Å². The Kier molecular flexibility index (Phi) is 6.07. The van der Waals surface area contributed by atoms with Crippen LogP contribution in [0, 0.1) is 11.7 Å². The number of amides is 1. The molecule has 2 aliphatic heterocycles. The van der Waals surface area contributed by atoms with Crippen LogP contribution in [0.1, 0.15) is 12.8 Å². The Balaban J connectivity index is 1.16. The molecule has 0 spiro atoms. The summed E-state index contributed by atoms with van der Waals surface area (Å²) in [6, 6.07) is 12.9. The molecule has 3 aromatic rings. The Hall–Kier alpha value is -2.56. The molecule has 3 heterocycles. The fourth-order valence-electron chi connectivity index (χ4n) is 4.47. The number of piperazine rings is 1. The number of para-hydroxylation sites is 1. The van der Waals surface area contributed by atoms with Gasteiger partial charge in [0.15, 0.2) is 5.13 Å². The highest BCUT2D eigenvalue weighted by Crippen LogP contribution is 2.30. The Morgan fingerprint density at radius 1 is 0.939 bits per heavy atom. The lowest BCUT2D eigenvalue weighted by atomic mass is 9.96. The molecule has 1 amide bonds. The zero-order chi connectivity index (χ0) is 23.0. The van der Waals surface area contributed by atoms with Crippen LogP contribution in [0.15, 0.2) is 53.4 Å².